The molecule has 0 saturated carbocycles. The van der Waals surface area contributed by atoms with Gasteiger partial charge in [-0.15, -0.1) is 5.11 Å². The lowest BCUT2D eigenvalue weighted by Gasteiger charge is -2.17. The highest BCUT2D eigenvalue weighted by molar-refractivity contribution is 6.33. The normalized spacial score (nSPS) is 15.5. The fourth-order valence-electron chi connectivity index (χ4n) is 2.55. The molecule has 0 fully saturated rings. The van der Waals surface area contributed by atoms with E-state index < -0.39 is 0 Å². The van der Waals surface area contributed by atoms with Crippen molar-refractivity contribution >= 4 is 17.3 Å². The number of amides is 1. The molecule has 0 N–H and O–H groups in total. The first-order valence-corrected chi connectivity index (χ1v) is 6.28. The van der Waals surface area contributed by atoms with Gasteiger partial charge in [0.25, 0.3) is 5.91 Å². The maximum Gasteiger partial charge on any atom is 0.279 e. The Morgan fingerprint density at radius 1 is 0.850 bits per heavy atom. The molecule has 0 unspecified atom stereocenters. The van der Waals surface area contributed by atoms with Crippen LogP contribution in [0.15, 0.2) is 70.0 Å². The van der Waals surface area contributed by atoms with E-state index in [0.29, 0.717) is 11.4 Å². The van der Waals surface area contributed by atoms with Gasteiger partial charge < -0.3 is 0 Å². The van der Waals surface area contributed by atoms with Crippen LogP contribution in [0.25, 0.3) is 16.7 Å². The van der Waals surface area contributed by atoms with Gasteiger partial charge in [-0.25, -0.2) is 0 Å². The number of carbonyl (C=O) groups excluding carboxylic acids is 1. The van der Waals surface area contributed by atoms with E-state index in [2.05, 4.69) is 15.2 Å². The molecule has 0 radical (unpaired) electrons. The number of nitrogens with zero attached hydrogens (tertiary/aromatic N) is 3. The molecule has 2 aromatic rings. The average Bonchev–Trinajstić information content (AvgIpc) is 2.96. The van der Waals surface area contributed by atoms with Gasteiger partial charge in [-0.05, 0) is 17.2 Å². The van der Waals surface area contributed by atoms with Crippen molar-refractivity contribution in [2.75, 3.05) is 0 Å². The largest absolute Gasteiger partial charge is 0.279 e. The minimum absolute atomic E-state index is 0.259. The zero-order chi connectivity index (χ0) is 13.5. The Morgan fingerprint density at radius 3 is 2.50 bits per heavy atom. The molecule has 2 aliphatic heterocycles. The summed E-state index contributed by atoms with van der Waals surface area (Å²) < 4.78 is 0. The quantitative estimate of drug-likeness (QED) is 0.770. The Balaban J connectivity index is 2.03. The van der Waals surface area contributed by atoms with Crippen molar-refractivity contribution < 1.29 is 4.79 Å². The number of hydrogen-bond donors (Lipinski definition) is 0. The maximum absolute atomic E-state index is 12.1. The summed E-state index contributed by atoms with van der Waals surface area (Å²) in [4.78, 5) is 16.1. The van der Waals surface area contributed by atoms with Gasteiger partial charge in [0.15, 0.2) is 5.84 Å². The smallest absolute Gasteiger partial charge is 0.267 e. The molecule has 20 heavy (non-hydrogen) atoms. The molecule has 0 atom stereocenters. The summed E-state index contributed by atoms with van der Waals surface area (Å²) >= 11 is 0. The van der Waals surface area contributed by atoms with Crippen molar-refractivity contribution in [1.82, 2.24) is 0 Å². The zero-order valence-electron chi connectivity index (χ0n) is 10.4. The third-order valence-corrected chi connectivity index (χ3v) is 3.44. The van der Waals surface area contributed by atoms with Gasteiger partial charge in [-0.2, -0.15) is 10.1 Å². The Morgan fingerprint density at radius 2 is 1.65 bits per heavy atom. The summed E-state index contributed by atoms with van der Waals surface area (Å²) in [5, 5.41) is 7.78. The molecular formula is C16H9N3O. The fourth-order valence-corrected chi connectivity index (χ4v) is 2.55. The zero-order valence-corrected chi connectivity index (χ0v) is 10.4. The molecular weight excluding hydrogens is 250 g/mol. The number of azo groups is 1. The fraction of sp³-hybridized carbons (Fsp3) is 0. The van der Waals surface area contributed by atoms with E-state index in [4.69, 9.17) is 0 Å². The Kier molecular flexibility index (Phi) is 2.23. The third kappa shape index (κ3) is 1.48. The lowest BCUT2D eigenvalue weighted by Crippen LogP contribution is -2.13. The number of amidine groups is 1. The van der Waals surface area contributed by atoms with E-state index >= 15 is 0 Å². The summed E-state index contributed by atoms with van der Waals surface area (Å²) in [5.41, 5.74) is 4.36. The molecule has 94 valence electrons. The van der Waals surface area contributed by atoms with Crippen LogP contribution >= 0.6 is 0 Å². The second kappa shape index (κ2) is 4.06. The molecule has 0 aliphatic carbocycles. The molecule has 0 saturated heterocycles. The molecule has 4 nitrogen and oxygen atoms in total. The predicted octanol–water partition coefficient (Wildman–Crippen LogP) is 3.71. The number of carbonyl (C=O) groups is 1. The monoisotopic (exact) mass is 259 g/mol. The van der Waals surface area contributed by atoms with Gasteiger partial charge in [0.1, 0.15) is 0 Å². The van der Waals surface area contributed by atoms with E-state index in [1.165, 1.54) is 0 Å². The van der Waals surface area contributed by atoms with Gasteiger partial charge in [0.05, 0.1) is 17.3 Å². The van der Waals surface area contributed by atoms with Crippen LogP contribution in [0.4, 0.5) is 0 Å². The van der Waals surface area contributed by atoms with Crippen molar-refractivity contribution in [2.24, 2.45) is 15.2 Å². The van der Waals surface area contributed by atoms with Crippen molar-refractivity contribution in [3.05, 3.63) is 65.9 Å². The third-order valence-electron chi connectivity index (χ3n) is 3.44. The Labute approximate surface area is 115 Å². The first-order valence-electron chi connectivity index (χ1n) is 6.28. The van der Waals surface area contributed by atoms with E-state index in [1.54, 1.807) is 12.3 Å². The van der Waals surface area contributed by atoms with E-state index in [9.17, 15) is 4.79 Å². The summed E-state index contributed by atoms with van der Waals surface area (Å²) in [6.07, 6.45) is 1.66. The number of rotatable bonds is 1. The van der Waals surface area contributed by atoms with E-state index in [1.807, 2.05) is 42.5 Å². The highest BCUT2D eigenvalue weighted by Gasteiger charge is 2.28. The maximum atomic E-state index is 12.1. The topological polar surface area (TPSA) is 54.1 Å². The molecule has 2 heterocycles. The van der Waals surface area contributed by atoms with Crippen molar-refractivity contribution in [2.45, 2.75) is 0 Å². The average molecular weight is 259 g/mol. The minimum atomic E-state index is -0.259. The summed E-state index contributed by atoms with van der Waals surface area (Å²) in [6, 6.07) is 15.6. The molecule has 2 aliphatic rings. The lowest BCUT2D eigenvalue weighted by molar-refractivity contribution is 0.100. The number of benzene rings is 2. The molecule has 4 rings (SSSR count). The van der Waals surface area contributed by atoms with Crippen LogP contribution in [0.2, 0.25) is 0 Å². The van der Waals surface area contributed by atoms with Gasteiger partial charge >= 0.3 is 0 Å². The molecule has 2 aromatic carbocycles. The number of aliphatic imine (C=N–C) groups is 1. The van der Waals surface area contributed by atoms with Crippen LogP contribution in [0.3, 0.4) is 0 Å². The van der Waals surface area contributed by atoms with Crippen LogP contribution in [0.5, 0.6) is 0 Å². The first kappa shape index (κ1) is 11.0. The van der Waals surface area contributed by atoms with Crippen LogP contribution in [-0.4, -0.2) is 11.7 Å². The summed E-state index contributed by atoms with van der Waals surface area (Å²) in [7, 11) is 0. The van der Waals surface area contributed by atoms with E-state index in [0.717, 1.165) is 22.3 Å². The highest BCUT2D eigenvalue weighted by atomic mass is 16.1. The minimum Gasteiger partial charge on any atom is -0.267 e. The lowest BCUT2D eigenvalue weighted by atomic mass is 9.88. The van der Waals surface area contributed by atoms with Gasteiger partial charge in [0.2, 0.25) is 0 Å². The van der Waals surface area contributed by atoms with Gasteiger partial charge in [0, 0.05) is 5.56 Å². The van der Waals surface area contributed by atoms with Crippen molar-refractivity contribution in [3.63, 3.8) is 0 Å². The van der Waals surface area contributed by atoms with Gasteiger partial charge in [-0.3, -0.25) is 4.79 Å². The predicted molar refractivity (Wildman–Crippen MR) is 76.5 cm³/mol. The van der Waals surface area contributed by atoms with E-state index in [-0.39, 0.29) is 5.91 Å². The second-order valence-electron chi connectivity index (χ2n) is 4.59. The van der Waals surface area contributed by atoms with Crippen LogP contribution < -0.4 is 0 Å². The molecule has 0 spiro atoms. The first-order chi connectivity index (χ1) is 9.84. The Bertz CT molecular complexity index is 817. The summed E-state index contributed by atoms with van der Waals surface area (Å²) in [6.45, 7) is 0. The highest BCUT2D eigenvalue weighted by Crippen LogP contribution is 2.37. The SMILES string of the molecule is O=C1N=C2N=NC=C2c2c1cccc2-c1ccccc1. The number of fused-ring (bicyclic) bond motifs is 3. The molecule has 0 bridgehead atoms. The molecule has 1 amide bonds. The summed E-state index contributed by atoms with van der Waals surface area (Å²) in [5.74, 6) is 0.150. The second-order valence-corrected chi connectivity index (χ2v) is 4.59. The van der Waals surface area contributed by atoms with Crippen molar-refractivity contribution in [3.8, 4) is 11.1 Å². The van der Waals surface area contributed by atoms with Crippen molar-refractivity contribution in [1.29, 1.82) is 0 Å². The molecule has 0 aromatic heterocycles. The Hall–Kier alpha value is -2.88. The van der Waals surface area contributed by atoms with Gasteiger partial charge in [-0.1, -0.05) is 42.5 Å². The van der Waals surface area contributed by atoms with Crippen LogP contribution in [0, 0.1) is 0 Å². The molecule has 4 heteroatoms. The number of hydrogen-bond acceptors (Lipinski definition) is 3. The standard InChI is InChI=1S/C16H9N3O/c20-16-12-8-4-7-11(10-5-2-1-3-6-10)14(12)13-9-17-19-15(13)18-16/h1-9H. The van der Waals surface area contributed by atoms with Crippen LogP contribution in [0.1, 0.15) is 15.9 Å². The van der Waals surface area contributed by atoms with Crippen LogP contribution in [-0.2, 0) is 0 Å².